The van der Waals surface area contributed by atoms with Gasteiger partial charge in [0.05, 0.1) is 14.2 Å². The van der Waals surface area contributed by atoms with Crippen LogP contribution in [0.1, 0.15) is 25.3 Å². The quantitative estimate of drug-likeness (QED) is 0.551. The topological polar surface area (TPSA) is 77.1 Å². The van der Waals surface area contributed by atoms with Gasteiger partial charge in [-0.2, -0.15) is 0 Å². The molecule has 1 aliphatic heterocycles. The molecular weight excluding hydrogens is 348 g/mol. The third kappa shape index (κ3) is 6.60. The number of ether oxygens (including phenoxy) is 3. The molecule has 1 N–H and O–H groups in total. The number of nitrogens with zero attached hydrogens (tertiary/aromatic N) is 1. The van der Waals surface area contributed by atoms with Crippen LogP contribution in [0.4, 0.5) is 0 Å². The molecule has 0 aliphatic carbocycles. The number of methoxy groups -OCH3 is 2. The first-order valence-electron chi connectivity index (χ1n) is 9.14. The molecule has 0 spiro atoms. The Kier molecular flexibility index (Phi) is 8.13. The third-order valence-electron chi connectivity index (χ3n) is 4.56. The highest BCUT2D eigenvalue weighted by Crippen LogP contribution is 2.28. The molecule has 1 aromatic carbocycles. The summed E-state index contributed by atoms with van der Waals surface area (Å²) in [7, 11) is 2.85. The third-order valence-corrected chi connectivity index (χ3v) is 4.56. The maximum absolute atomic E-state index is 12.2. The number of esters is 1. The van der Waals surface area contributed by atoms with Crippen molar-refractivity contribution in [1.82, 2.24) is 10.2 Å². The summed E-state index contributed by atoms with van der Waals surface area (Å²) in [4.78, 5) is 25.7. The maximum atomic E-state index is 12.2. The average molecular weight is 376 g/mol. The fourth-order valence-corrected chi connectivity index (χ4v) is 2.95. The van der Waals surface area contributed by atoms with Gasteiger partial charge in [-0.15, -0.1) is 0 Å². The molecule has 0 unspecified atom stereocenters. The van der Waals surface area contributed by atoms with Gasteiger partial charge in [0.2, 0.25) is 0 Å². The standard InChI is InChI=1S/C20H28N2O5/c1-4-22-11-9-16(10-12-22)21-19(23)14-27-17-7-5-15(13-18(17)25-2)6-8-20(24)26-3/h5-8,13,16H,4,9-12,14H2,1-3H3,(H,21,23)/b8-6+. The molecule has 1 aromatic rings. The van der Waals surface area contributed by atoms with E-state index < -0.39 is 5.97 Å². The molecule has 1 fully saturated rings. The van der Waals surface area contributed by atoms with Gasteiger partial charge in [-0.05, 0) is 43.2 Å². The summed E-state index contributed by atoms with van der Waals surface area (Å²) >= 11 is 0. The van der Waals surface area contributed by atoms with Gasteiger partial charge in [-0.1, -0.05) is 13.0 Å². The molecular formula is C20H28N2O5. The van der Waals surface area contributed by atoms with Gasteiger partial charge >= 0.3 is 5.97 Å². The normalized spacial score (nSPS) is 15.5. The summed E-state index contributed by atoms with van der Waals surface area (Å²) in [5.74, 6) is 0.395. The van der Waals surface area contributed by atoms with Crippen molar-refractivity contribution < 1.29 is 23.8 Å². The molecule has 1 saturated heterocycles. The molecule has 0 saturated carbocycles. The molecule has 1 aliphatic rings. The van der Waals surface area contributed by atoms with Crippen molar-refractivity contribution in [3.05, 3.63) is 29.8 Å². The van der Waals surface area contributed by atoms with E-state index in [4.69, 9.17) is 9.47 Å². The van der Waals surface area contributed by atoms with Crippen LogP contribution in [-0.4, -0.2) is 63.3 Å². The molecule has 1 heterocycles. The van der Waals surface area contributed by atoms with Crippen LogP contribution in [0.2, 0.25) is 0 Å². The second-order valence-electron chi connectivity index (χ2n) is 6.33. The lowest BCUT2D eigenvalue weighted by atomic mass is 10.1. The van der Waals surface area contributed by atoms with Crippen LogP contribution in [-0.2, 0) is 14.3 Å². The second-order valence-corrected chi connectivity index (χ2v) is 6.33. The summed E-state index contributed by atoms with van der Waals surface area (Å²) in [6.45, 7) is 5.15. The van der Waals surface area contributed by atoms with Crippen molar-refractivity contribution in [3.63, 3.8) is 0 Å². The second kappa shape index (κ2) is 10.6. The number of nitrogens with one attached hydrogen (secondary N) is 1. The highest BCUT2D eigenvalue weighted by Gasteiger charge is 2.20. The van der Waals surface area contributed by atoms with Crippen molar-refractivity contribution in [3.8, 4) is 11.5 Å². The predicted molar refractivity (Wildman–Crippen MR) is 103 cm³/mol. The molecule has 0 radical (unpaired) electrons. The summed E-state index contributed by atoms with van der Waals surface area (Å²) in [5.41, 5.74) is 0.761. The zero-order valence-electron chi connectivity index (χ0n) is 16.2. The lowest BCUT2D eigenvalue weighted by Gasteiger charge is -2.31. The Morgan fingerprint density at radius 1 is 1.22 bits per heavy atom. The van der Waals surface area contributed by atoms with Crippen molar-refractivity contribution in [2.45, 2.75) is 25.8 Å². The number of carbonyl (C=O) groups excluding carboxylic acids is 2. The molecule has 0 atom stereocenters. The van der Waals surface area contributed by atoms with Gasteiger partial charge in [0.15, 0.2) is 18.1 Å². The van der Waals surface area contributed by atoms with Crippen molar-refractivity contribution in [2.75, 3.05) is 40.5 Å². The van der Waals surface area contributed by atoms with E-state index in [0.717, 1.165) is 38.0 Å². The fraction of sp³-hybridized carbons (Fsp3) is 0.500. The Morgan fingerprint density at radius 3 is 2.59 bits per heavy atom. The molecule has 27 heavy (non-hydrogen) atoms. The van der Waals surface area contributed by atoms with Crippen LogP contribution in [0, 0.1) is 0 Å². The maximum Gasteiger partial charge on any atom is 0.330 e. The van der Waals surface area contributed by atoms with Gasteiger partial charge in [-0.25, -0.2) is 4.79 Å². The van der Waals surface area contributed by atoms with Gasteiger partial charge in [0, 0.05) is 25.2 Å². The number of piperidine rings is 1. The van der Waals surface area contributed by atoms with Crippen LogP contribution >= 0.6 is 0 Å². The number of benzene rings is 1. The zero-order valence-corrected chi connectivity index (χ0v) is 16.2. The number of likely N-dealkylation sites (tertiary alicyclic amines) is 1. The van der Waals surface area contributed by atoms with Crippen LogP contribution in [0.5, 0.6) is 11.5 Å². The number of carbonyl (C=O) groups is 2. The summed E-state index contributed by atoms with van der Waals surface area (Å²) < 4.78 is 15.5. The van der Waals surface area contributed by atoms with Crippen molar-refractivity contribution in [2.24, 2.45) is 0 Å². The van der Waals surface area contributed by atoms with E-state index in [1.54, 1.807) is 24.3 Å². The number of hydrogen-bond acceptors (Lipinski definition) is 6. The van der Waals surface area contributed by atoms with Crippen molar-refractivity contribution >= 4 is 18.0 Å². The van der Waals surface area contributed by atoms with E-state index in [2.05, 4.69) is 21.9 Å². The predicted octanol–water partition coefficient (Wildman–Crippen LogP) is 1.86. The largest absolute Gasteiger partial charge is 0.493 e. The van der Waals surface area contributed by atoms with Crippen LogP contribution in [0.15, 0.2) is 24.3 Å². The highest BCUT2D eigenvalue weighted by molar-refractivity contribution is 5.87. The number of amides is 1. The van der Waals surface area contributed by atoms with Gasteiger partial charge in [-0.3, -0.25) is 4.79 Å². The van der Waals surface area contributed by atoms with E-state index in [0.29, 0.717) is 11.5 Å². The smallest absolute Gasteiger partial charge is 0.330 e. The molecule has 0 aromatic heterocycles. The molecule has 7 heteroatoms. The summed E-state index contributed by atoms with van der Waals surface area (Å²) in [5, 5.41) is 3.03. The Labute approximate surface area is 160 Å². The van der Waals surface area contributed by atoms with E-state index in [-0.39, 0.29) is 18.6 Å². The Hall–Kier alpha value is -2.54. The first kappa shape index (κ1) is 20.8. The first-order chi connectivity index (χ1) is 13.0. The lowest BCUT2D eigenvalue weighted by molar-refractivity contribution is -0.134. The van der Waals surface area contributed by atoms with E-state index in [9.17, 15) is 9.59 Å². The van der Waals surface area contributed by atoms with Gasteiger partial charge in [0.1, 0.15) is 0 Å². The molecule has 7 nitrogen and oxygen atoms in total. The summed E-state index contributed by atoms with van der Waals surface area (Å²) in [6, 6.07) is 5.42. The Balaban J connectivity index is 1.86. The number of rotatable bonds is 8. The lowest BCUT2D eigenvalue weighted by Crippen LogP contribution is -2.45. The Bertz CT molecular complexity index is 666. The highest BCUT2D eigenvalue weighted by atomic mass is 16.5. The zero-order chi connectivity index (χ0) is 19.6. The SMILES string of the molecule is CCN1CCC(NC(=O)COc2ccc(/C=C/C(=O)OC)cc2OC)CC1. The minimum absolute atomic E-state index is 0.0678. The minimum Gasteiger partial charge on any atom is -0.493 e. The molecule has 2 rings (SSSR count). The summed E-state index contributed by atoms with van der Waals surface area (Å²) in [6.07, 6.45) is 4.87. The average Bonchev–Trinajstić information content (AvgIpc) is 2.71. The van der Waals surface area contributed by atoms with Gasteiger partial charge in [0.25, 0.3) is 5.91 Å². The molecule has 1 amide bonds. The van der Waals surface area contributed by atoms with Gasteiger partial charge < -0.3 is 24.4 Å². The first-order valence-corrected chi connectivity index (χ1v) is 9.14. The monoisotopic (exact) mass is 376 g/mol. The van der Waals surface area contributed by atoms with E-state index in [1.807, 2.05) is 0 Å². The van der Waals surface area contributed by atoms with E-state index >= 15 is 0 Å². The van der Waals surface area contributed by atoms with Crippen LogP contribution < -0.4 is 14.8 Å². The minimum atomic E-state index is -0.435. The molecule has 0 bridgehead atoms. The van der Waals surface area contributed by atoms with Crippen LogP contribution in [0.3, 0.4) is 0 Å². The molecule has 148 valence electrons. The van der Waals surface area contributed by atoms with Crippen LogP contribution in [0.25, 0.3) is 6.08 Å². The number of hydrogen-bond donors (Lipinski definition) is 1. The van der Waals surface area contributed by atoms with Crippen molar-refractivity contribution in [1.29, 1.82) is 0 Å². The fourth-order valence-electron chi connectivity index (χ4n) is 2.95. The van der Waals surface area contributed by atoms with E-state index in [1.165, 1.54) is 20.3 Å². The Morgan fingerprint density at radius 2 is 1.96 bits per heavy atom.